The number of rotatable bonds is 0. The zero-order valence-electron chi connectivity index (χ0n) is 6.66. The van der Waals surface area contributed by atoms with Crippen molar-refractivity contribution in [2.24, 2.45) is 0 Å². The van der Waals surface area contributed by atoms with Crippen LogP contribution in [0.25, 0.3) is 11.1 Å². The van der Waals surface area contributed by atoms with Crippen molar-refractivity contribution < 1.29 is 55.8 Å². The number of benzene rings is 1. The maximum Gasteiger partial charge on any atom is 1.00 e. The number of hydrogen-bond donors (Lipinski definition) is 0. The van der Waals surface area contributed by atoms with Gasteiger partial charge in [0.25, 0.3) is 0 Å². The molecule has 0 aliphatic heterocycles. The van der Waals surface area contributed by atoms with Gasteiger partial charge in [0.1, 0.15) is 0 Å². The first kappa shape index (κ1) is 11.3. The largest absolute Gasteiger partial charge is 1.00 e. The fourth-order valence-electron chi connectivity index (χ4n) is 0.748. The SMILES string of the molecule is [CH3-].[K+].[c-]1ccc2ncoc2c1. The van der Waals surface area contributed by atoms with Crippen LogP contribution in [-0.4, -0.2) is 4.98 Å². The molecular formula is C8H7KNO-. The van der Waals surface area contributed by atoms with Crippen molar-refractivity contribution in [2.75, 3.05) is 0 Å². The molecule has 2 aromatic rings. The van der Waals surface area contributed by atoms with Crippen molar-refractivity contribution in [1.29, 1.82) is 0 Å². The van der Waals surface area contributed by atoms with E-state index in [1.165, 1.54) is 6.39 Å². The van der Waals surface area contributed by atoms with Gasteiger partial charge >= 0.3 is 51.4 Å². The van der Waals surface area contributed by atoms with Crippen LogP contribution in [0, 0.1) is 13.5 Å². The third-order valence-electron chi connectivity index (χ3n) is 1.18. The smallest absolute Gasteiger partial charge is 0.506 e. The molecule has 11 heavy (non-hydrogen) atoms. The molecule has 52 valence electrons. The van der Waals surface area contributed by atoms with Crippen molar-refractivity contribution in [3.8, 4) is 0 Å². The van der Waals surface area contributed by atoms with Crippen molar-refractivity contribution in [3.63, 3.8) is 0 Å². The van der Waals surface area contributed by atoms with Crippen LogP contribution in [0.2, 0.25) is 0 Å². The van der Waals surface area contributed by atoms with Crippen LogP contribution in [0.5, 0.6) is 0 Å². The van der Waals surface area contributed by atoms with Crippen molar-refractivity contribution in [3.05, 3.63) is 38.1 Å². The fourth-order valence-corrected chi connectivity index (χ4v) is 0.748. The molecule has 1 aromatic heterocycles. The summed E-state index contributed by atoms with van der Waals surface area (Å²) >= 11 is 0. The summed E-state index contributed by atoms with van der Waals surface area (Å²) in [5.41, 5.74) is 1.67. The van der Waals surface area contributed by atoms with Crippen molar-refractivity contribution >= 4 is 11.1 Å². The van der Waals surface area contributed by atoms with Gasteiger partial charge in [0.05, 0.1) is 0 Å². The van der Waals surface area contributed by atoms with Gasteiger partial charge in [-0.15, -0.1) is 12.1 Å². The Morgan fingerprint density at radius 3 is 3.00 bits per heavy atom. The van der Waals surface area contributed by atoms with Gasteiger partial charge in [0, 0.05) is 5.58 Å². The van der Waals surface area contributed by atoms with Gasteiger partial charge in [-0.1, -0.05) is 0 Å². The van der Waals surface area contributed by atoms with Crippen LogP contribution in [0.1, 0.15) is 0 Å². The van der Waals surface area contributed by atoms with Gasteiger partial charge in [0.2, 0.25) is 0 Å². The summed E-state index contributed by atoms with van der Waals surface area (Å²) in [5.74, 6) is 0. The molecule has 0 bridgehead atoms. The molecule has 0 fully saturated rings. The summed E-state index contributed by atoms with van der Waals surface area (Å²) in [7, 11) is 0. The van der Waals surface area contributed by atoms with Gasteiger partial charge in [-0.2, -0.15) is 12.1 Å². The number of aromatic nitrogens is 1. The number of nitrogens with zero attached hydrogens (tertiary/aromatic N) is 1. The Bertz CT molecular complexity index is 288. The van der Waals surface area contributed by atoms with Gasteiger partial charge in [0.15, 0.2) is 6.39 Å². The van der Waals surface area contributed by atoms with Crippen LogP contribution >= 0.6 is 0 Å². The summed E-state index contributed by atoms with van der Waals surface area (Å²) in [5, 5.41) is 0. The van der Waals surface area contributed by atoms with Crippen molar-refractivity contribution in [2.45, 2.75) is 0 Å². The van der Waals surface area contributed by atoms with E-state index in [9.17, 15) is 0 Å². The average molecular weight is 172 g/mol. The van der Waals surface area contributed by atoms with E-state index in [4.69, 9.17) is 4.42 Å². The average Bonchev–Trinajstić information content (AvgIpc) is 2.33. The van der Waals surface area contributed by atoms with Crippen LogP contribution in [0.15, 0.2) is 29.0 Å². The topological polar surface area (TPSA) is 26.0 Å². The van der Waals surface area contributed by atoms with Crippen LogP contribution in [0.4, 0.5) is 0 Å². The zero-order chi connectivity index (χ0) is 6.10. The van der Waals surface area contributed by atoms with Gasteiger partial charge in [-0.3, -0.25) is 0 Å². The predicted molar refractivity (Wildman–Crippen MR) is 39.3 cm³/mol. The van der Waals surface area contributed by atoms with E-state index < -0.39 is 0 Å². The Balaban J connectivity index is 0.000000500. The molecule has 0 unspecified atom stereocenters. The monoisotopic (exact) mass is 172 g/mol. The van der Waals surface area contributed by atoms with E-state index in [-0.39, 0.29) is 58.8 Å². The normalized spacial score (nSPS) is 8.36. The molecule has 2 nitrogen and oxygen atoms in total. The first-order valence-electron chi connectivity index (χ1n) is 2.66. The number of fused-ring (bicyclic) bond motifs is 1. The summed E-state index contributed by atoms with van der Waals surface area (Å²) < 4.78 is 4.98. The molecular weight excluding hydrogens is 165 g/mol. The molecule has 0 radical (unpaired) electrons. The Kier molecular flexibility index (Phi) is 5.21. The van der Waals surface area contributed by atoms with Crippen LogP contribution in [0.3, 0.4) is 0 Å². The zero-order valence-corrected chi connectivity index (χ0v) is 9.79. The van der Waals surface area contributed by atoms with Gasteiger partial charge < -0.3 is 11.8 Å². The Labute approximate surface area is 108 Å². The molecule has 0 saturated heterocycles. The van der Waals surface area contributed by atoms with E-state index in [0.29, 0.717) is 0 Å². The Hall–Kier alpha value is 0.326. The molecule has 1 heterocycles. The number of hydrogen-bond acceptors (Lipinski definition) is 2. The standard InChI is InChI=1S/C7H4NO.CH3.K/c1-2-4-7-6(3-1)8-5-9-7;;/h1,3-5H;1H3;/q2*-1;+1. The quantitative estimate of drug-likeness (QED) is 0.379. The van der Waals surface area contributed by atoms with E-state index in [1.54, 1.807) is 6.07 Å². The second-order valence-electron chi connectivity index (χ2n) is 1.75. The molecule has 3 heteroatoms. The summed E-state index contributed by atoms with van der Waals surface area (Å²) in [6, 6.07) is 8.32. The van der Waals surface area contributed by atoms with E-state index in [1.807, 2.05) is 12.1 Å². The maximum absolute atomic E-state index is 4.98. The van der Waals surface area contributed by atoms with Gasteiger partial charge in [-0.25, -0.2) is 4.98 Å². The molecule has 0 atom stereocenters. The molecule has 0 aliphatic rings. The minimum atomic E-state index is 0. The second kappa shape index (κ2) is 5.06. The first-order valence-corrected chi connectivity index (χ1v) is 2.66. The molecule has 0 spiro atoms. The van der Waals surface area contributed by atoms with Gasteiger partial charge in [-0.05, 0) is 5.52 Å². The minimum Gasteiger partial charge on any atom is -0.506 e. The Morgan fingerprint density at radius 2 is 2.27 bits per heavy atom. The second-order valence-corrected chi connectivity index (χ2v) is 1.75. The van der Waals surface area contributed by atoms with Crippen LogP contribution < -0.4 is 51.4 Å². The molecule has 2 rings (SSSR count). The van der Waals surface area contributed by atoms with Crippen LogP contribution in [-0.2, 0) is 0 Å². The third-order valence-corrected chi connectivity index (χ3v) is 1.18. The number of oxazole rings is 1. The first-order chi connectivity index (χ1) is 4.47. The fraction of sp³-hybridized carbons (Fsp3) is 0. The molecule has 1 aromatic carbocycles. The van der Waals surface area contributed by atoms with Crippen molar-refractivity contribution in [1.82, 2.24) is 4.98 Å². The summed E-state index contributed by atoms with van der Waals surface area (Å²) in [6.45, 7) is 0. The maximum atomic E-state index is 4.98. The molecule has 0 amide bonds. The summed E-state index contributed by atoms with van der Waals surface area (Å²) in [4.78, 5) is 3.93. The molecule has 0 N–H and O–H groups in total. The third kappa shape index (κ3) is 2.38. The Morgan fingerprint density at radius 1 is 1.45 bits per heavy atom. The minimum absolute atomic E-state index is 0. The van der Waals surface area contributed by atoms with E-state index >= 15 is 0 Å². The van der Waals surface area contributed by atoms with E-state index in [2.05, 4.69) is 11.1 Å². The summed E-state index contributed by atoms with van der Waals surface area (Å²) in [6.07, 6.45) is 1.43. The molecule has 0 saturated carbocycles. The molecule has 0 aliphatic carbocycles. The predicted octanol–water partition coefficient (Wildman–Crippen LogP) is -0.918. The van der Waals surface area contributed by atoms with E-state index in [0.717, 1.165) is 11.1 Å².